The van der Waals surface area contributed by atoms with Gasteiger partial charge in [-0.15, -0.1) is 0 Å². The molecule has 0 fully saturated rings. The summed E-state index contributed by atoms with van der Waals surface area (Å²) in [4.78, 5) is 0. The molecule has 4 nitrogen and oxygen atoms in total. The first-order chi connectivity index (χ1) is 24.6. The molecule has 0 atom stereocenters. The highest BCUT2D eigenvalue weighted by Crippen LogP contribution is 2.39. The maximum Gasteiger partial charge on any atom is 0.422 e. The minimum atomic E-state index is -5.57. The molecule has 54 heavy (non-hydrogen) atoms. The average molecular weight is 812 g/mol. The summed E-state index contributed by atoms with van der Waals surface area (Å²) in [5.74, 6) is -28.6. The van der Waals surface area contributed by atoms with Gasteiger partial charge in [0.05, 0.1) is 43.5 Å². The third-order valence-corrected chi connectivity index (χ3v) is 5.68. The van der Waals surface area contributed by atoms with Gasteiger partial charge in [0, 0.05) is 23.6 Å². The number of nitrogens with zero attached hydrogens (tertiary/aromatic N) is 4. The minimum Gasteiger partial charge on any atom is -0.203 e. The van der Waals surface area contributed by atoms with Crippen LogP contribution in [-0.4, -0.2) is 0 Å². The fourth-order valence-electron chi connectivity index (χ4n) is 3.48. The monoisotopic (exact) mass is 812 g/mol. The van der Waals surface area contributed by atoms with E-state index in [0.29, 0.717) is 0 Å². The molecule has 0 aliphatic carbocycles. The molecule has 25 heteroatoms. The van der Waals surface area contributed by atoms with E-state index < -0.39 is 141 Å². The summed E-state index contributed by atoms with van der Waals surface area (Å²) < 4.78 is 264. The molecule has 0 saturated carbocycles. The van der Waals surface area contributed by atoms with Crippen LogP contribution in [0.15, 0.2) is 0 Å². The fraction of sp³-hybridized carbons (Fsp3) is 0.241. The summed E-state index contributed by atoms with van der Waals surface area (Å²) in [6, 6.07) is 5.30. The van der Waals surface area contributed by atoms with Crippen LogP contribution in [0, 0.1) is 115 Å². The van der Waals surface area contributed by atoms with E-state index in [1.807, 2.05) is 0 Å². The smallest absolute Gasteiger partial charge is 0.203 e. The van der Waals surface area contributed by atoms with Crippen molar-refractivity contribution in [3.05, 3.63) is 103 Å². The van der Waals surface area contributed by atoms with Crippen molar-refractivity contribution in [1.29, 1.82) is 21.0 Å². The lowest BCUT2D eigenvalue weighted by molar-refractivity contribution is -0.144. The van der Waals surface area contributed by atoms with E-state index in [9.17, 15) is 92.2 Å². The Morgan fingerprint density at radius 2 is 0.463 bits per heavy atom. The predicted octanol–water partition coefficient (Wildman–Crippen LogP) is 10.5. The number of hydrogen-bond donors (Lipinski definition) is 0. The summed E-state index contributed by atoms with van der Waals surface area (Å²) >= 11 is 0. The maximum atomic E-state index is 13.0. The van der Waals surface area contributed by atoms with Gasteiger partial charge in [-0.05, 0) is 0 Å². The van der Waals surface area contributed by atoms with Crippen LogP contribution in [-0.2, 0) is 37.8 Å². The zero-order valence-corrected chi connectivity index (χ0v) is 25.3. The van der Waals surface area contributed by atoms with Crippen molar-refractivity contribution < 1.29 is 92.2 Å². The van der Waals surface area contributed by atoms with Crippen LogP contribution in [0.4, 0.5) is 92.2 Å². The van der Waals surface area contributed by atoms with Crippen LogP contribution in [0.1, 0.15) is 40.3 Å². The molecule has 0 aliphatic heterocycles. The molecular formula is C29H9F21N4. The van der Waals surface area contributed by atoms with Crippen LogP contribution in [0.2, 0.25) is 0 Å². The van der Waals surface area contributed by atoms with Crippen LogP contribution in [0.5, 0.6) is 0 Å². The molecule has 3 aromatic carbocycles. The van der Waals surface area contributed by atoms with E-state index in [4.69, 9.17) is 21.0 Å². The Hall–Kier alpha value is -5.85. The molecule has 0 aromatic heterocycles. The highest BCUT2D eigenvalue weighted by Gasteiger charge is 2.44. The van der Waals surface area contributed by atoms with E-state index in [-0.39, 0.29) is 0 Å². The van der Waals surface area contributed by atoms with Crippen molar-refractivity contribution in [3.8, 4) is 24.3 Å². The molecule has 292 valence electrons. The summed E-state index contributed by atoms with van der Waals surface area (Å²) in [6.07, 6.45) is -19.9. The second-order valence-electron chi connectivity index (χ2n) is 9.05. The number of halogens is 21. The Morgan fingerprint density at radius 3 is 0.556 bits per heavy atom. The zero-order chi connectivity index (χ0) is 42.8. The third-order valence-electron chi connectivity index (χ3n) is 5.68. The average Bonchev–Trinajstić information content (AvgIpc) is 3.03. The number of nitriles is 4. The second-order valence-corrected chi connectivity index (χ2v) is 9.05. The van der Waals surface area contributed by atoms with Gasteiger partial charge in [-0.25, -0.2) is 52.7 Å². The standard InChI is InChI=1S/3C9H2F7N.C2H3N/c3*10-5-3(1-2-17)6(11)8(13)4(7(5)12)9(14,15)16;1-2-3/h3*1H2;1H3. The van der Waals surface area contributed by atoms with Gasteiger partial charge in [-0.1, -0.05) is 0 Å². The van der Waals surface area contributed by atoms with Crippen molar-refractivity contribution in [1.82, 2.24) is 0 Å². The molecule has 0 heterocycles. The summed E-state index contributed by atoms with van der Waals surface area (Å²) in [5.41, 5.74) is -12.0. The molecule has 0 radical (unpaired) electrons. The molecule has 0 unspecified atom stereocenters. The summed E-state index contributed by atoms with van der Waals surface area (Å²) in [5, 5.41) is 31.7. The number of hydrogen-bond acceptors (Lipinski definition) is 4. The van der Waals surface area contributed by atoms with E-state index in [1.54, 1.807) is 6.07 Å². The van der Waals surface area contributed by atoms with E-state index >= 15 is 0 Å². The van der Waals surface area contributed by atoms with Gasteiger partial charge in [-0.2, -0.15) is 60.6 Å². The minimum absolute atomic E-state index is 1.08. The molecule has 0 bridgehead atoms. The second kappa shape index (κ2) is 18.8. The lowest BCUT2D eigenvalue weighted by Crippen LogP contribution is -2.17. The molecule has 3 rings (SSSR count). The van der Waals surface area contributed by atoms with E-state index in [0.717, 1.165) is 0 Å². The van der Waals surface area contributed by atoms with Crippen LogP contribution < -0.4 is 0 Å². The normalized spacial score (nSPS) is 10.9. The highest BCUT2D eigenvalue weighted by molar-refractivity contribution is 5.35. The Kier molecular flexibility index (Phi) is 16.7. The molecule has 0 N–H and O–H groups in total. The highest BCUT2D eigenvalue weighted by atomic mass is 19.4. The topological polar surface area (TPSA) is 95.2 Å². The van der Waals surface area contributed by atoms with Crippen molar-refractivity contribution in [2.45, 2.75) is 44.7 Å². The first-order valence-electron chi connectivity index (χ1n) is 12.7. The lowest BCUT2D eigenvalue weighted by Gasteiger charge is -2.12. The van der Waals surface area contributed by atoms with Crippen molar-refractivity contribution in [2.24, 2.45) is 0 Å². The number of benzene rings is 3. The van der Waals surface area contributed by atoms with Crippen LogP contribution in [0.3, 0.4) is 0 Å². The van der Waals surface area contributed by atoms with Gasteiger partial charge in [0.25, 0.3) is 0 Å². The zero-order valence-electron chi connectivity index (χ0n) is 25.3. The Bertz CT molecular complexity index is 1730. The van der Waals surface area contributed by atoms with Crippen LogP contribution >= 0.6 is 0 Å². The van der Waals surface area contributed by atoms with Crippen LogP contribution in [0.25, 0.3) is 0 Å². The SMILES string of the molecule is CC#N.N#CCc1c(F)c(F)c(C(F)(F)F)c(F)c1F.N#CCc1c(F)c(F)c(C(F)(F)F)c(F)c1F.N#CCc1c(F)c(F)c(C(F)(F)F)c(F)c1F. The van der Waals surface area contributed by atoms with Crippen molar-refractivity contribution >= 4 is 0 Å². The fourth-order valence-corrected chi connectivity index (χ4v) is 3.48. The lowest BCUT2D eigenvalue weighted by atomic mass is 10.1. The molecule has 0 spiro atoms. The Labute approximate surface area is 286 Å². The summed E-state index contributed by atoms with van der Waals surface area (Å²) in [7, 11) is 0. The molecule has 0 saturated heterocycles. The van der Waals surface area contributed by atoms with Gasteiger partial charge in [0.15, 0.2) is 69.8 Å². The van der Waals surface area contributed by atoms with Gasteiger partial charge >= 0.3 is 18.5 Å². The van der Waals surface area contributed by atoms with E-state index in [1.165, 1.54) is 25.1 Å². The maximum absolute atomic E-state index is 13.0. The third kappa shape index (κ3) is 10.8. The largest absolute Gasteiger partial charge is 0.422 e. The molecule has 0 amide bonds. The number of alkyl halides is 9. The van der Waals surface area contributed by atoms with Crippen molar-refractivity contribution in [3.63, 3.8) is 0 Å². The predicted molar refractivity (Wildman–Crippen MR) is 133 cm³/mol. The molecule has 0 aliphatic rings. The molecular weight excluding hydrogens is 803 g/mol. The first-order valence-corrected chi connectivity index (χ1v) is 12.7. The summed E-state index contributed by atoms with van der Waals surface area (Å²) in [6.45, 7) is 1.43. The van der Waals surface area contributed by atoms with Gasteiger partial charge < -0.3 is 0 Å². The Balaban J connectivity index is 0.000000751. The quantitative estimate of drug-likeness (QED) is 0.194. The molecule has 3 aromatic rings. The van der Waals surface area contributed by atoms with Gasteiger partial charge in [-0.3, -0.25) is 0 Å². The number of rotatable bonds is 3. The first kappa shape index (κ1) is 48.1. The van der Waals surface area contributed by atoms with E-state index in [2.05, 4.69) is 0 Å². The van der Waals surface area contributed by atoms with Gasteiger partial charge in [0.2, 0.25) is 0 Å². The Morgan fingerprint density at radius 1 is 0.333 bits per heavy atom. The van der Waals surface area contributed by atoms with Crippen molar-refractivity contribution in [2.75, 3.05) is 0 Å². The van der Waals surface area contributed by atoms with Gasteiger partial charge in [0.1, 0.15) is 16.7 Å².